The van der Waals surface area contributed by atoms with Crippen molar-refractivity contribution in [3.63, 3.8) is 0 Å². The SMILES string of the molecule is CCCCCCCCC/C=C/[C@@H](O)[C@H](CO[C@@H]1O[C@H](CO)[C@@H](O)C(O)C1O)NC(=O)CCCCCCCCCCCCCCCCCCCCCCCCC. The van der Waals surface area contributed by atoms with Crippen molar-refractivity contribution in [1.82, 2.24) is 5.32 Å². The molecule has 0 bridgehead atoms. The molecular formula is C46H89NO8. The average Bonchev–Trinajstić information content (AvgIpc) is 3.18. The van der Waals surface area contributed by atoms with Gasteiger partial charge in [-0.25, -0.2) is 0 Å². The molecule has 0 radical (unpaired) electrons. The van der Waals surface area contributed by atoms with Crippen LogP contribution in [0.15, 0.2) is 12.2 Å². The van der Waals surface area contributed by atoms with Crippen LogP contribution >= 0.6 is 0 Å². The van der Waals surface area contributed by atoms with E-state index in [1.165, 1.54) is 161 Å². The first-order valence-corrected chi connectivity index (χ1v) is 23.4. The molecule has 0 aromatic rings. The quantitative estimate of drug-likeness (QED) is 0.0267. The lowest BCUT2D eigenvalue weighted by atomic mass is 9.99. The number of allylic oxidation sites excluding steroid dienone is 1. The first-order chi connectivity index (χ1) is 26.8. The Morgan fingerprint density at radius 2 is 1.00 bits per heavy atom. The lowest BCUT2D eigenvalue weighted by Crippen LogP contribution is -2.60. The fourth-order valence-electron chi connectivity index (χ4n) is 7.57. The molecule has 9 heteroatoms. The molecule has 9 nitrogen and oxygen atoms in total. The first-order valence-electron chi connectivity index (χ1n) is 23.4. The Hall–Kier alpha value is -1.07. The zero-order valence-corrected chi connectivity index (χ0v) is 35.7. The van der Waals surface area contributed by atoms with Gasteiger partial charge in [0.1, 0.15) is 24.4 Å². The van der Waals surface area contributed by atoms with Gasteiger partial charge in [0, 0.05) is 6.42 Å². The topological polar surface area (TPSA) is 149 Å². The van der Waals surface area contributed by atoms with Crippen LogP contribution in [0.2, 0.25) is 0 Å². The van der Waals surface area contributed by atoms with E-state index in [1.54, 1.807) is 6.08 Å². The normalized spacial score (nSPS) is 21.3. The number of hydrogen-bond donors (Lipinski definition) is 6. The highest BCUT2D eigenvalue weighted by Gasteiger charge is 2.44. The summed E-state index contributed by atoms with van der Waals surface area (Å²) in [6, 6.07) is -0.797. The van der Waals surface area contributed by atoms with E-state index in [1.807, 2.05) is 6.08 Å². The number of aliphatic hydroxyl groups excluding tert-OH is 5. The molecule has 55 heavy (non-hydrogen) atoms. The van der Waals surface area contributed by atoms with Crippen LogP contribution in [0.4, 0.5) is 0 Å². The molecule has 326 valence electrons. The van der Waals surface area contributed by atoms with Gasteiger partial charge in [-0.1, -0.05) is 206 Å². The summed E-state index contributed by atoms with van der Waals surface area (Å²) in [6.07, 6.45) is 35.6. The zero-order chi connectivity index (χ0) is 40.2. The van der Waals surface area contributed by atoms with E-state index in [2.05, 4.69) is 19.2 Å². The second-order valence-electron chi connectivity index (χ2n) is 16.6. The van der Waals surface area contributed by atoms with Crippen molar-refractivity contribution >= 4 is 5.91 Å². The van der Waals surface area contributed by atoms with Gasteiger partial charge in [-0.15, -0.1) is 0 Å². The van der Waals surface area contributed by atoms with Gasteiger partial charge in [-0.3, -0.25) is 4.79 Å². The van der Waals surface area contributed by atoms with Gasteiger partial charge >= 0.3 is 0 Å². The van der Waals surface area contributed by atoms with E-state index >= 15 is 0 Å². The molecule has 0 aromatic heterocycles. The van der Waals surface area contributed by atoms with Crippen LogP contribution in [-0.2, 0) is 14.3 Å². The Bertz CT molecular complexity index is 873. The van der Waals surface area contributed by atoms with Crippen molar-refractivity contribution in [2.24, 2.45) is 0 Å². The van der Waals surface area contributed by atoms with E-state index < -0.39 is 49.5 Å². The van der Waals surface area contributed by atoms with E-state index in [0.29, 0.717) is 6.42 Å². The van der Waals surface area contributed by atoms with Gasteiger partial charge in [-0.2, -0.15) is 0 Å². The number of ether oxygens (including phenoxy) is 2. The third-order valence-electron chi connectivity index (χ3n) is 11.4. The standard InChI is InChI=1S/C46H89NO8/c1-3-5-7-9-11-13-14-15-16-17-18-19-20-21-22-23-24-25-26-28-30-32-34-36-42(50)47-39(40(49)35-33-31-29-27-12-10-8-6-4-2)38-54-46-45(53)44(52)43(51)41(37-48)55-46/h33,35,39-41,43-46,48-49,51-53H,3-32,34,36-38H2,1-2H3,(H,47,50)/b35-33+/t39-,40+,41+,43+,44?,45?,46+/m0/s1. The Kier molecular flexibility index (Phi) is 35.2. The molecule has 0 spiro atoms. The van der Waals surface area contributed by atoms with E-state index in [0.717, 1.165) is 38.5 Å². The number of unbranched alkanes of at least 4 members (excludes halogenated alkanes) is 29. The Labute approximate surface area is 337 Å². The molecule has 1 rings (SSSR count). The van der Waals surface area contributed by atoms with Crippen LogP contribution < -0.4 is 5.32 Å². The number of amides is 1. The Balaban J connectivity index is 2.21. The van der Waals surface area contributed by atoms with Gasteiger partial charge in [-0.05, 0) is 19.3 Å². The summed E-state index contributed by atoms with van der Waals surface area (Å²) in [7, 11) is 0. The lowest BCUT2D eigenvalue weighted by Gasteiger charge is -2.40. The molecule has 7 atom stereocenters. The minimum absolute atomic E-state index is 0.176. The van der Waals surface area contributed by atoms with Crippen LogP contribution in [0.25, 0.3) is 0 Å². The van der Waals surface area contributed by atoms with Gasteiger partial charge in [0.2, 0.25) is 5.91 Å². The number of aliphatic hydroxyl groups is 5. The molecule has 1 amide bonds. The predicted octanol–water partition coefficient (Wildman–Crippen LogP) is 9.73. The highest BCUT2D eigenvalue weighted by molar-refractivity contribution is 5.76. The van der Waals surface area contributed by atoms with E-state index in [4.69, 9.17) is 9.47 Å². The summed E-state index contributed by atoms with van der Waals surface area (Å²) in [5, 5.41) is 54.0. The van der Waals surface area contributed by atoms with Gasteiger partial charge in [0.15, 0.2) is 6.29 Å². The van der Waals surface area contributed by atoms with Crippen LogP contribution in [-0.4, -0.2) is 87.5 Å². The fraction of sp³-hybridized carbons (Fsp3) is 0.935. The summed E-state index contributed by atoms with van der Waals surface area (Å²) in [6.45, 7) is 3.75. The first kappa shape index (κ1) is 51.9. The molecule has 1 heterocycles. The highest BCUT2D eigenvalue weighted by Crippen LogP contribution is 2.23. The van der Waals surface area contributed by atoms with Crippen molar-refractivity contribution in [2.45, 2.75) is 262 Å². The summed E-state index contributed by atoms with van der Waals surface area (Å²) < 4.78 is 11.2. The summed E-state index contributed by atoms with van der Waals surface area (Å²) in [5.74, 6) is -0.176. The van der Waals surface area contributed by atoms with E-state index in [9.17, 15) is 30.3 Å². The number of rotatable bonds is 39. The van der Waals surface area contributed by atoms with Crippen molar-refractivity contribution in [3.8, 4) is 0 Å². The number of nitrogens with one attached hydrogen (secondary N) is 1. The maximum atomic E-state index is 12.9. The maximum Gasteiger partial charge on any atom is 0.220 e. The van der Waals surface area contributed by atoms with Gasteiger partial charge in [0.25, 0.3) is 0 Å². The van der Waals surface area contributed by atoms with Crippen LogP contribution in [0.3, 0.4) is 0 Å². The highest BCUT2D eigenvalue weighted by atomic mass is 16.7. The predicted molar refractivity (Wildman–Crippen MR) is 226 cm³/mol. The maximum absolute atomic E-state index is 12.9. The van der Waals surface area contributed by atoms with Crippen molar-refractivity contribution in [3.05, 3.63) is 12.2 Å². The monoisotopic (exact) mass is 784 g/mol. The molecule has 0 aromatic carbocycles. The average molecular weight is 784 g/mol. The molecule has 1 aliphatic rings. The zero-order valence-electron chi connectivity index (χ0n) is 35.7. The summed E-state index contributed by atoms with van der Waals surface area (Å²) in [5.41, 5.74) is 0. The largest absolute Gasteiger partial charge is 0.394 e. The molecule has 1 saturated heterocycles. The van der Waals surface area contributed by atoms with Crippen LogP contribution in [0, 0.1) is 0 Å². The van der Waals surface area contributed by atoms with Gasteiger partial charge in [0.05, 0.1) is 25.4 Å². The number of hydrogen-bond acceptors (Lipinski definition) is 8. The molecule has 0 saturated carbocycles. The minimum atomic E-state index is -1.56. The minimum Gasteiger partial charge on any atom is -0.394 e. The number of carbonyl (C=O) groups excluding carboxylic acids is 1. The third-order valence-corrected chi connectivity index (χ3v) is 11.4. The molecule has 2 unspecified atom stereocenters. The van der Waals surface area contributed by atoms with Crippen LogP contribution in [0.5, 0.6) is 0 Å². The fourth-order valence-corrected chi connectivity index (χ4v) is 7.57. The molecule has 6 N–H and O–H groups in total. The molecular weight excluding hydrogens is 695 g/mol. The number of carbonyl (C=O) groups is 1. The van der Waals surface area contributed by atoms with E-state index in [-0.39, 0.29) is 12.5 Å². The third kappa shape index (κ3) is 28.1. The molecule has 0 aliphatic carbocycles. The smallest absolute Gasteiger partial charge is 0.220 e. The Morgan fingerprint density at radius 3 is 1.42 bits per heavy atom. The summed E-state index contributed by atoms with van der Waals surface area (Å²) in [4.78, 5) is 12.9. The molecule has 1 fully saturated rings. The summed E-state index contributed by atoms with van der Waals surface area (Å²) >= 11 is 0. The molecule has 1 aliphatic heterocycles. The van der Waals surface area contributed by atoms with Crippen molar-refractivity contribution < 1.29 is 39.8 Å². The second-order valence-corrected chi connectivity index (χ2v) is 16.6. The van der Waals surface area contributed by atoms with Gasteiger partial charge < -0.3 is 40.3 Å². The second kappa shape index (κ2) is 37.2. The van der Waals surface area contributed by atoms with Crippen LogP contribution in [0.1, 0.15) is 219 Å². The Morgan fingerprint density at radius 1 is 0.600 bits per heavy atom. The van der Waals surface area contributed by atoms with Crippen molar-refractivity contribution in [2.75, 3.05) is 13.2 Å². The lowest BCUT2D eigenvalue weighted by molar-refractivity contribution is -0.302. The van der Waals surface area contributed by atoms with Crippen molar-refractivity contribution in [1.29, 1.82) is 0 Å².